The summed E-state index contributed by atoms with van der Waals surface area (Å²) in [7, 11) is 0. The van der Waals surface area contributed by atoms with Crippen LogP contribution in [-0.2, 0) is 0 Å². The molecular formula is C14H15NO. The lowest BCUT2D eigenvalue weighted by Crippen LogP contribution is -2.07. The van der Waals surface area contributed by atoms with Gasteiger partial charge in [-0.1, -0.05) is 43.3 Å². The summed E-state index contributed by atoms with van der Waals surface area (Å²) in [5, 5.41) is 10.2. The summed E-state index contributed by atoms with van der Waals surface area (Å²) in [6, 6.07) is 13.8. The van der Waals surface area contributed by atoms with Crippen LogP contribution in [0, 0.1) is 0 Å². The van der Waals surface area contributed by atoms with Gasteiger partial charge in [0.15, 0.2) is 0 Å². The molecule has 1 N–H and O–H groups in total. The Hall–Kier alpha value is -1.67. The minimum absolute atomic E-state index is 0.0744. The molecule has 1 heterocycles. The van der Waals surface area contributed by atoms with Crippen molar-refractivity contribution >= 4 is 0 Å². The van der Waals surface area contributed by atoms with Crippen molar-refractivity contribution in [2.45, 2.75) is 18.9 Å². The van der Waals surface area contributed by atoms with Crippen LogP contribution >= 0.6 is 0 Å². The highest BCUT2D eigenvalue weighted by Gasteiger charge is 2.17. The molecule has 0 aliphatic carbocycles. The van der Waals surface area contributed by atoms with E-state index in [0.29, 0.717) is 0 Å². The number of rotatable bonds is 3. The number of aliphatic hydroxyl groups is 1. The van der Waals surface area contributed by atoms with Crippen molar-refractivity contribution in [2.75, 3.05) is 0 Å². The molecule has 0 saturated heterocycles. The van der Waals surface area contributed by atoms with Crippen molar-refractivity contribution in [1.29, 1.82) is 0 Å². The second kappa shape index (κ2) is 4.90. The summed E-state index contributed by atoms with van der Waals surface area (Å²) in [5.74, 6) is 0.0744. The van der Waals surface area contributed by atoms with E-state index in [0.717, 1.165) is 11.1 Å². The Kier molecular flexibility index (Phi) is 3.32. The Bertz CT molecular complexity index is 384. The second-order valence-electron chi connectivity index (χ2n) is 3.93. The maximum atomic E-state index is 10.2. The zero-order valence-corrected chi connectivity index (χ0v) is 9.25. The Labute approximate surface area is 95.6 Å². The molecule has 2 heteroatoms. The maximum Gasteiger partial charge on any atom is 0.0870 e. The zero-order chi connectivity index (χ0) is 11.4. The van der Waals surface area contributed by atoms with E-state index in [4.69, 9.17) is 0 Å². The van der Waals surface area contributed by atoms with E-state index in [2.05, 4.69) is 4.98 Å². The van der Waals surface area contributed by atoms with E-state index in [1.807, 2.05) is 49.4 Å². The van der Waals surface area contributed by atoms with E-state index in [1.54, 1.807) is 12.4 Å². The first-order valence-corrected chi connectivity index (χ1v) is 5.42. The average Bonchev–Trinajstić information content (AvgIpc) is 2.39. The van der Waals surface area contributed by atoms with Gasteiger partial charge in [-0.2, -0.15) is 0 Å². The highest BCUT2D eigenvalue weighted by molar-refractivity contribution is 5.24. The summed E-state index contributed by atoms with van der Waals surface area (Å²) < 4.78 is 0. The molecular weight excluding hydrogens is 198 g/mol. The molecule has 2 rings (SSSR count). The SMILES string of the molecule is CC(c1ccccc1)C(O)c1cccnc1. The Morgan fingerprint density at radius 1 is 1.00 bits per heavy atom. The molecule has 0 aliphatic rings. The van der Waals surface area contributed by atoms with Gasteiger partial charge in [0, 0.05) is 18.3 Å². The summed E-state index contributed by atoms with van der Waals surface area (Å²) in [6.45, 7) is 2.02. The molecule has 0 spiro atoms. The largest absolute Gasteiger partial charge is 0.388 e. The van der Waals surface area contributed by atoms with Gasteiger partial charge in [-0.15, -0.1) is 0 Å². The highest BCUT2D eigenvalue weighted by atomic mass is 16.3. The van der Waals surface area contributed by atoms with E-state index < -0.39 is 6.10 Å². The summed E-state index contributed by atoms with van der Waals surface area (Å²) in [6.07, 6.45) is 2.92. The lowest BCUT2D eigenvalue weighted by Gasteiger charge is -2.19. The predicted molar refractivity (Wildman–Crippen MR) is 64.1 cm³/mol. The third-order valence-corrected chi connectivity index (χ3v) is 2.82. The van der Waals surface area contributed by atoms with E-state index in [9.17, 15) is 5.11 Å². The lowest BCUT2D eigenvalue weighted by molar-refractivity contribution is 0.151. The zero-order valence-electron chi connectivity index (χ0n) is 9.25. The number of aromatic nitrogens is 1. The minimum atomic E-state index is -0.504. The van der Waals surface area contributed by atoms with Crippen molar-refractivity contribution in [1.82, 2.24) is 4.98 Å². The molecule has 0 fully saturated rings. The van der Waals surface area contributed by atoms with Crippen LogP contribution in [0.25, 0.3) is 0 Å². The number of benzene rings is 1. The van der Waals surface area contributed by atoms with E-state index >= 15 is 0 Å². The van der Waals surface area contributed by atoms with Gasteiger partial charge in [0.2, 0.25) is 0 Å². The first kappa shape index (κ1) is 10.8. The number of hydrogen-bond acceptors (Lipinski definition) is 2. The van der Waals surface area contributed by atoms with Gasteiger partial charge in [-0.05, 0) is 17.2 Å². The van der Waals surface area contributed by atoms with Crippen LogP contribution < -0.4 is 0 Å². The van der Waals surface area contributed by atoms with Gasteiger partial charge in [-0.25, -0.2) is 0 Å². The molecule has 1 aromatic carbocycles. The van der Waals surface area contributed by atoms with Crippen molar-refractivity contribution in [3.63, 3.8) is 0 Å². The van der Waals surface area contributed by atoms with Gasteiger partial charge >= 0.3 is 0 Å². The molecule has 2 aromatic rings. The van der Waals surface area contributed by atoms with Crippen LogP contribution in [0.4, 0.5) is 0 Å². The third-order valence-electron chi connectivity index (χ3n) is 2.82. The summed E-state index contributed by atoms with van der Waals surface area (Å²) in [5.41, 5.74) is 2.00. The standard InChI is InChI=1S/C14H15NO/c1-11(12-6-3-2-4-7-12)14(16)13-8-5-9-15-10-13/h2-11,14,16H,1H3. The normalized spacial score (nSPS) is 14.4. The van der Waals surface area contributed by atoms with Gasteiger partial charge < -0.3 is 5.11 Å². The van der Waals surface area contributed by atoms with Crippen LogP contribution in [0.2, 0.25) is 0 Å². The van der Waals surface area contributed by atoms with Gasteiger partial charge in [0.25, 0.3) is 0 Å². The molecule has 2 unspecified atom stereocenters. The number of pyridine rings is 1. The number of hydrogen-bond donors (Lipinski definition) is 1. The van der Waals surface area contributed by atoms with Crippen LogP contribution in [0.3, 0.4) is 0 Å². The lowest BCUT2D eigenvalue weighted by atomic mass is 9.92. The maximum absolute atomic E-state index is 10.2. The molecule has 1 aromatic heterocycles. The average molecular weight is 213 g/mol. The summed E-state index contributed by atoms with van der Waals surface area (Å²) >= 11 is 0. The highest BCUT2D eigenvalue weighted by Crippen LogP contribution is 2.29. The molecule has 0 bridgehead atoms. The third kappa shape index (κ3) is 2.28. The van der Waals surface area contributed by atoms with Gasteiger partial charge in [-0.3, -0.25) is 4.98 Å². The first-order chi connectivity index (χ1) is 7.79. The number of nitrogens with zero attached hydrogens (tertiary/aromatic N) is 1. The fraction of sp³-hybridized carbons (Fsp3) is 0.214. The van der Waals surface area contributed by atoms with Crippen molar-refractivity contribution in [2.24, 2.45) is 0 Å². The molecule has 0 amide bonds. The smallest absolute Gasteiger partial charge is 0.0870 e. The monoisotopic (exact) mass is 213 g/mol. The molecule has 0 aliphatic heterocycles. The molecule has 16 heavy (non-hydrogen) atoms. The quantitative estimate of drug-likeness (QED) is 0.850. The van der Waals surface area contributed by atoms with Crippen LogP contribution in [0.15, 0.2) is 54.9 Å². The summed E-state index contributed by atoms with van der Waals surface area (Å²) in [4.78, 5) is 4.02. The Balaban J connectivity index is 2.20. The van der Waals surface area contributed by atoms with Crippen LogP contribution in [0.5, 0.6) is 0 Å². The molecule has 2 atom stereocenters. The van der Waals surface area contributed by atoms with Crippen molar-refractivity contribution in [3.05, 3.63) is 66.0 Å². The first-order valence-electron chi connectivity index (χ1n) is 5.42. The minimum Gasteiger partial charge on any atom is -0.388 e. The van der Waals surface area contributed by atoms with E-state index in [1.165, 1.54) is 0 Å². The number of aliphatic hydroxyl groups excluding tert-OH is 1. The van der Waals surface area contributed by atoms with Crippen LogP contribution in [0.1, 0.15) is 30.1 Å². The Morgan fingerprint density at radius 3 is 2.31 bits per heavy atom. The van der Waals surface area contributed by atoms with Crippen molar-refractivity contribution in [3.8, 4) is 0 Å². The predicted octanol–water partition coefficient (Wildman–Crippen LogP) is 2.92. The molecule has 82 valence electrons. The topological polar surface area (TPSA) is 33.1 Å². The van der Waals surface area contributed by atoms with E-state index in [-0.39, 0.29) is 5.92 Å². The molecule has 0 radical (unpaired) electrons. The van der Waals surface area contributed by atoms with Crippen molar-refractivity contribution < 1.29 is 5.11 Å². The Morgan fingerprint density at radius 2 is 1.69 bits per heavy atom. The second-order valence-corrected chi connectivity index (χ2v) is 3.93. The van der Waals surface area contributed by atoms with Crippen LogP contribution in [-0.4, -0.2) is 10.1 Å². The van der Waals surface area contributed by atoms with Gasteiger partial charge in [0.1, 0.15) is 0 Å². The van der Waals surface area contributed by atoms with Gasteiger partial charge in [0.05, 0.1) is 6.10 Å². The fourth-order valence-corrected chi connectivity index (χ4v) is 1.78. The fourth-order valence-electron chi connectivity index (χ4n) is 1.78. The molecule has 2 nitrogen and oxygen atoms in total. The molecule has 0 saturated carbocycles.